The van der Waals surface area contributed by atoms with Gasteiger partial charge in [-0.25, -0.2) is 4.68 Å². The van der Waals surface area contributed by atoms with Crippen LogP contribution in [0.5, 0.6) is 5.75 Å². The molecule has 0 aliphatic heterocycles. The number of hydrogen-bond acceptors (Lipinski definition) is 4. The van der Waals surface area contributed by atoms with Crippen molar-refractivity contribution >= 4 is 17.6 Å². The van der Waals surface area contributed by atoms with Gasteiger partial charge in [0.2, 0.25) is 5.91 Å². The number of unbranched alkanes of at least 4 members (excludes halogenated alkanes) is 1. The number of amides is 2. The average Bonchev–Trinajstić information content (AvgIpc) is 3.29. The Bertz CT molecular complexity index is 1240. The van der Waals surface area contributed by atoms with E-state index in [9.17, 15) is 9.59 Å². The molecule has 2 aromatic carbocycles. The Labute approximate surface area is 227 Å². The molecule has 0 aliphatic carbocycles. The first kappa shape index (κ1) is 29.0. The average molecular weight is 519 g/mol. The van der Waals surface area contributed by atoms with Crippen LogP contribution >= 0.6 is 0 Å². The van der Waals surface area contributed by atoms with E-state index in [0.29, 0.717) is 24.5 Å². The number of nitrogens with zero attached hydrogens (tertiary/aromatic N) is 3. The van der Waals surface area contributed by atoms with E-state index in [1.807, 2.05) is 37.3 Å². The molecule has 0 bridgehead atoms. The second kappa shape index (κ2) is 12.8. The van der Waals surface area contributed by atoms with Crippen LogP contribution in [0.2, 0.25) is 0 Å². The summed E-state index contributed by atoms with van der Waals surface area (Å²) in [5, 5.41) is 7.88. The predicted octanol–water partition coefficient (Wildman–Crippen LogP) is 6.46. The molecule has 38 heavy (non-hydrogen) atoms. The molecule has 3 aromatic rings. The Morgan fingerprint density at radius 1 is 1.03 bits per heavy atom. The molecule has 0 saturated heterocycles. The van der Waals surface area contributed by atoms with Crippen LogP contribution in [0.15, 0.2) is 48.5 Å². The lowest BCUT2D eigenvalue weighted by Crippen LogP contribution is -2.38. The number of carbonyl (C=O) groups excluding carboxylic acids is 2. The number of hydrogen-bond donors (Lipinski definition) is 1. The molecule has 0 spiro atoms. The third-order valence-corrected chi connectivity index (χ3v) is 6.53. The molecular weight excluding hydrogens is 476 g/mol. The number of ether oxygens (including phenoxy) is 1. The van der Waals surface area contributed by atoms with Gasteiger partial charge in [-0.15, -0.1) is 0 Å². The van der Waals surface area contributed by atoms with Crippen LogP contribution < -0.4 is 10.1 Å². The van der Waals surface area contributed by atoms with Crippen molar-refractivity contribution in [3.63, 3.8) is 0 Å². The lowest BCUT2D eigenvalue weighted by molar-refractivity contribution is -0.116. The van der Waals surface area contributed by atoms with Gasteiger partial charge < -0.3 is 15.0 Å². The highest BCUT2D eigenvalue weighted by atomic mass is 16.5. The molecule has 3 rings (SSSR count). The fraction of sp³-hybridized carbons (Fsp3) is 0.452. The number of aryl methyl sites for hydroxylation is 1. The SMILES string of the molecule is CCCCOc1ccc(C(=O)N(CCC)CC(=O)Nc2cc(C(C)(C)C)nn2-c2cccc(C)c2C)cc1. The molecule has 7 heteroatoms. The van der Waals surface area contributed by atoms with Gasteiger partial charge in [0.25, 0.3) is 5.91 Å². The maximum atomic E-state index is 13.3. The van der Waals surface area contributed by atoms with Crippen molar-refractivity contribution in [1.29, 1.82) is 0 Å². The van der Waals surface area contributed by atoms with Crippen molar-refractivity contribution in [2.24, 2.45) is 0 Å². The fourth-order valence-corrected chi connectivity index (χ4v) is 4.07. The predicted molar refractivity (Wildman–Crippen MR) is 153 cm³/mol. The minimum absolute atomic E-state index is 0.0513. The van der Waals surface area contributed by atoms with E-state index < -0.39 is 0 Å². The summed E-state index contributed by atoms with van der Waals surface area (Å²) in [6, 6.07) is 15.1. The Morgan fingerprint density at radius 3 is 2.37 bits per heavy atom. The number of carbonyl (C=O) groups is 2. The van der Waals surface area contributed by atoms with Crippen LogP contribution in [0.4, 0.5) is 5.82 Å². The fourth-order valence-electron chi connectivity index (χ4n) is 4.07. The zero-order valence-corrected chi connectivity index (χ0v) is 23.9. The van der Waals surface area contributed by atoms with Crippen LogP contribution in [-0.2, 0) is 10.2 Å². The summed E-state index contributed by atoms with van der Waals surface area (Å²) in [5.74, 6) is 0.883. The molecule has 2 amide bonds. The third kappa shape index (κ3) is 7.24. The van der Waals surface area contributed by atoms with Crippen molar-refractivity contribution in [2.75, 3.05) is 25.0 Å². The maximum Gasteiger partial charge on any atom is 0.254 e. The molecular formula is C31H42N4O3. The van der Waals surface area contributed by atoms with Gasteiger partial charge in [0.1, 0.15) is 18.1 Å². The van der Waals surface area contributed by atoms with Gasteiger partial charge in [0, 0.05) is 23.6 Å². The van der Waals surface area contributed by atoms with Gasteiger partial charge >= 0.3 is 0 Å². The van der Waals surface area contributed by atoms with E-state index in [1.165, 1.54) is 0 Å². The standard InChI is InChI=1S/C31H42N4O3/c1-8-10-19-38-25-16-14-24(15-17-25)30(37)34(18-9-2)21-29(36)32-28-20-27(31(5,6)7)33-35(28)26-13-11-12-22(3)23(26)4/h11-17,20H,8-10,18-19,21H2,1-7H3,(H,32,36). The molecule has 1 N–H and O–H groups in total. The van der Waals surface area contributed by atoms with Gasteiger partial charge in [-0.2, -0.15) is 5.10 Å². The highest BCUT2D eigenvalue weighted by Gasteiger charge is 2.24. The first-order chi connectivity index (χ1) is 18.0. The van der Waals surface area contributed by atoms with E-state index in [1.54, 1.807) is 21.7 Å². The summed E-state index contributed by atoms with van der Waals surface area (Å²) in [6.45, 7) is 15.6. The van der Waals surface area contributed by atoms with Crippen LogP contribution in [0, 0.1) is 13.8 Å². The number of rotatable bonds is 11. The molecule has 7 nitrogen and oxygen atoms in total. The first-order valence-corrected chi connectivity index (χ1v) is 13.5. The van der Waals surface area contributed by atoms with Crippen LogP contribution in [0.1, 0.15) is 81.1 Å². The highest BCUT2D eigenvalue weighted by molar-refractivity contribution is 5.99. The Hall–Kier alpha value is -3.61. The number of anilines is 1. The van der Waals surface area contributed by atoms with E-state index in [0.717, 1.165) is 47.5 Å². The van der Waals surface area contributed by atoms with Gasteiger partial charge in [0.15, 0.2) is 0 Å². The lowest BCUT2D eigenvalue weighted by atomic mass is 9.92. The van der Waals surface area contributed by atoms with Crippen LogP contribution in [-0.4, -0.2) is 46.2 Å². The first-order valence-electron chi connectivity index (χ1n) is 13.5. The molecule has 0 fully saturated rings. The summed E-state index contributed by atoms with van der Waals surface area (Å²) in [5.41, 5.74) is 4.36. The molecule has 0 saturated carbocycles. The summed E-state index contributed by atoms with van der Waals surface area (Å²) in [4.78, 5) is 28.1. The molecule has 0 aliphatic rings. The van der Waals surface area contributed by atoms with Gasteiger partial charge in [0.05, 0.1) is 18.0 Å². The molecule has 0 unspecified atom stereocenters. The molecule has 0 atom stereocenters. The normalized spacial score (nSPS) is 11.3. The lowest BCUT2D eigenvalue weighted by Gasteiger charge is -2.22. The largest absolute Gasteiger partial charge is 0.494 e. The number of benzene rings is 2. The van der Waals surface area contributed by atoms with E-state index in [2.05, 4.69) is 52.9 Å². The summed E-state index contributed by atoms with van der Waals surface area (Å²) >= 11 is 0. The topological polar surface area (TPSA) is 76.5 Å². The zero-order valence-electron chi connectivity index (χ0n) is 23.9. The summed E-state index contributed by atoms with van der Waals surface area (Å²) in [7, 11) is 0. The third-order valence-electron chi connectivity index (χ3n) is 6.53. The van der Waals surface area contributed by atoms with Crippen LogP contribution in [0.3, 0.4) is 0 Å². The zero-order chi connectivity index (χ0) is 27.9. The van der Waals surface area contributed by atoms with Crippen molar-refractivity contribution < 1.29 is 14.3 Å². The molecule has 0 radical (unpaired) electrons. The van der Waals surface area contributed by atoms with Crippen molar-refractivity contribution in [1.82, 2.24) is 14.7 Å². The Balaban J connectivity index is 1.80. The van der Waals surface area contributed by atoms with Crippen molar-refractivity contribution in [3.8, 4) is 11.4 Å². The molecule has 1 aromatic heterocycles. The Kier molecular flexibility index (Phi) is 9.72. The summed E-state index contributed by atoms with van der Waals surface area (Å²) < 4.78 is 7.51. The maximum absolute atomic E-state index is 13.3. The van der Waals surface area contributed by atoms with E-state index in [-0.39, 0.29) is 23.8 Å². The van der Waals surface area contributed by atoms with E-state index in [4.69, 9.17) is 9.84 Å². The Morgan fingerprint density at radius 2 is 1.74 bits per heavy atom. The molecule has 204 valence electrons. The summed E-state index contributed by atoms with van der Waals surface area (Å²) in [6.07, 6.45) is 2.79. The van der Waals surface area contributed by atoms with Gasteiger partial charge in [-0.1, -0.05) is 53.2 Å². The number of aromatic nitrogens is 2. The van der Waals surface area contributed by atoms with E-state index >= 15 is 0 Å². The molecule has 1 heterocycles. The second-order valence-electron chi connectivity index (χ2n) is 10.8. The van der Waals surface area contributed by atoms with Crippen molar-refractivity contribution in [2.45, 2.75) is 73.1 Å². The minimum atomic E-state index is -0.266. The van der Waals surface area contributed by atoms with Gasteiger partial charge in [-0.3, -0.25) is 9.59 Å². The quantitative estimate of drug-likeness (QED) is 0.296. The van der Waals surface area contributed by atoms with Crippen LogP contribution in [0.25, 0.3) is 5.69 Å². The minimum Gasteiger partial charge on any atom is -0.494 e. The highest BCUT2D eigenvalue weighted by Crippen LogP contribution is 2.28. The monoisotopic (exact) mass is 518 g/mol. The van der Waals surface area contributed by atoms with Gasteiger partial charge in [-0.05, 0) is 68.1 Å². The second-order valence-corrected chi connectivity index (χ2v) is 10.8. The van der Waals surface area contributed by atoms with Crippen molar-refractivity contribution in [3.05, 3.63) is 70.9 Å². The smallest absolute Gasteiger partial charge is 0.254 e. The number of nitrogens with one attached hydrogen (secondary N) is 1.